The number of nitrogens with zero attached hydrogens (tertiary/aromatic N) is 1. The Morgan fingerprint density at radius 3 is 2.74 bits per heavy atom. The molecule has 2 N–H and O–H groups in total. The van der Waals surface area contributed by atoms with Crippen molar-refractivity contribution in [3.63, 3.8) is 0 Å². The highest BCUT2D eigenvalue weighted by atomic mass is 19.1. The third-order valence-corrected chi connectivity index (χ3v) is 2.93. The monoisotopic (exact) mass is 267 g/mol. The van der Waals surface area contributed by atoms with E-state index < -0.39 is 5.82 Å². The Morgan fingerprint density at radius 1 is 1.37 bits per heavy atom. The van der Waals surface area contributed by atoms with E-state index in [1.54, 1.807) is 12.1 Å². The van der Waals surface area contributed by atoms with Crippen LogP contribution in [-0.4, -0.2) is 44.0 Å². The molecule has 0 heterocycles. The molecule has 0 saturated heterocycles. The summed E-state index contributed by atoms with van der Waals surface area (Å²) in [5.41, 5.74) is 0.618. The van der Waals surface area contributed by atoms with Crippen LogP contribution in [-0.2, 0) is 0 Å². The number of rotatable bonds is 7. The Balaban J connectivity index is 2.68. The van der Waals surface area contributed by atoms with Crippen molar-refractivity contribution in [1.29, 1.82) is 0 Å². The van der Waals surface area contributed by atoms with Gasteiger partial charge in [0.2, 0.25) is 0 Å². The van der Waals surface area contributed by atoms with E-state index >= 15 is 0 Å². The lowest BCUT2D eigenvalue weighted by Gasteiger charge is -2.15. The number of amides is 1. The van der Waals surface area contributed by atoms with Crippen molar-refractivity contribution < 1.29 is 9.18 Å². The van der Waals surface area contributed by atoms with Crippen molar-refractivity contribution in [1.82, 2.24) is 10.2 Å². The molecule has 0 aromatic heterocycles. The largest absolute Gasteiger partial charge is 0.382 e. The SMILES string of the molecule is CCNc1c(F)cccc1C(=O)NCCN(C)CC. The molecule has 1 aromatic carbocycles. The van der Waals surface area contributed by atoms with Crippen LogP contribution in [0.5, 0.6) is 0 Å². The number of likely N-dealkylation sites (N-methyl/N-ethyl adjacent to an activating group) is 1. The summed E-state index contributed by atoms with van der Waals surface area (Å²) in [5, 5.41) is 5.69. The van der Waals surface area contributed by atoms with Gasteiger partial charge in [-0.3, -0.25) is 4.79 Å². The summed E-state index contributed by atoms with van der Waals surface area (Å²) < 4.78 is 13.7. The van der Waals surface area contributed by atoms with Crippen LogP contribution < -0.4 is 10.6 Å². The number of carbonyl (C=O) groups is 1. The standard InChI is InChI=1S/C14H22FN3O/c1-4-16-13-11(7-6-8-12(13)15)14(19)17-9-10-18(3)5-2/h6-8,16H,4-5,9-10H2,1-3H3,(H,17,19). The van der Waals surface area contributed by atoms with Crippen molar-refractivity contribution in [3.8, 4) is 0 Å². The second-order valence-electron chi connectivity index (χ2n) is 4.34. The molecule has 0 spiro atoms. The number of nitrogens with one attached hydrogen (secondary N) is 2. The van der Waals surface area contributed by atoms with E-state index in [1.807, 2.05) is 14.0 Å². The Labute approximate surface area is 114 Å². The normalized spacial score (nSPS) is 10.6. The molecular formula is C14H22FN3O. The van der Waals surface area contributed by atoms with Gasteiger partial charge in [0.15, 0.2) is 0 Å². The van der Waals surface area contributed by atoms with Gasteiger partial charge in [-0.25, -0.2) is 4.39 Å². The first-order valence-corrected chi connectivity index (χ1v) is 6.59. The van der Waals surface area contributed by atoms with Gasteiger partial charge in [-0.2, -0.15) is 0 Å². The summed E-state index contributed by atoms with van der Waals surface area (Å²) in [6.45, 7) is 6.74. The van der Waals surface area contributed by atoms with Gasteiger partial charge in [-0.1, -0.05) is 13.0 Å². The molecule has 0 radical (unpaired) electrons. The van der Waals surface area contributed by atoms with Crippen LogP contribution in [0.15, 0.2) is 18.2 Å². The maximum atomic E-state index is 13.7. The predicted molar refractivity (Wildman–Crippen MR) is 76.1 cm³/mol. The van der Waals surface area contributed by atoms with Gasteiger partial charge in [0.05, 0.1) is 11.3 Å². The predicted octanol–water partition coefficient (Wildman–Crippen LogP) is 1.94. The topological polar surface area (TPSA) is 44.4 Å². The number of halogens is 1. The van der Waals surface area contributed by atoms with Crippen LogP contribution in [0.3, 0.4) is 0 Å². The molecule has 0 saturated carbocycles. The summed E-state index contributed by atoms with van der Waals surface area (Å²) in [7, 11) is 1.98. The lowest BCUT2D eigenvalue weighted by atomic mass is 10.1. The summed E-state index contributed by atoms with van der Waals surface area (Å²) in [4.78, 5) is 14.1. The molecule has 0 fully saturated rings. The molecule has 19 heavy (non-hydrogen) atoms. The fraction of sp³-hybridized carbons (Fsp3) is 0.500. The highest BCUT2D eigenvalue weighted by Gasteiger charge is 2.14. The van der Waals surface area contributed by atoms with Gasteiger partial charge < -0.3 is 15.5 Å². The van der Waals surface area contributed by atoms with Gasteiger partial charge in [0.1, 0.15) is 5.82 Å². The Morgan fingerprint density at radius 2 is 2.11 bits per heavy atom. The molecule has 0 atom stereocenters. The zero-order chi connectivity index (χ0) is 14.3. The zero-order valence-electron chi connectivity index (χ0n) is 11.8. The van der Waals surface area contributed by atoms with Crippen LogP contribution in [0.1, 0.15) is 24.2 Å². The number of hydrogen-bond donors (Lipinski definition) is 2. The molecule has 106 valence electrons. The maximum Gasteiger partial charge on any atom is 0.253 e. The van der Waals surface area contributed by atoms with E-state index in [2.05, 4.69) is 22.5 Å². The highest BCUT2D eigenvalue weighted by molar-refractivity contribution is 5.99. The third kappa shape index (κ3) is 4.52. The molecule has 0 bridgehead atoms. The second-order valence-corrected chi connectivity index (χ2v) is 4.34. The van der Waals surface area contributed by atoms with E-state index in [1.165, 1.54) is 6.07 Å². The van der Waals surface area contributed by atoms with Crippen LogP contribution in [0.4, 0.5) is 10.1 Å². The summed E-state index contributed by atoms with van der Waals surface area (Å²) in [5.74, 6) is -0.653. The van der Waals surface area contributed by atoms with Crippen molar-refractivity contribution in [2.24, 2.45) is 0 Å². The Hall–Kier alpha value is -1.62. The summed E-state index contributed by atoms with van der Waals surface area (Å²) in [6, 6.07) is 4.52. The molecule has 5 heteroatoms. The molecule has 4 nitrogen and oxygen atoms in total. The fourth-order valence-corrected chi connectivity index (χ4v) is 1.68. The average molecular weight is 267 g/mol. The van der Waals surface area contributed by atoms with Gasteiger partial charge in [0, 0.05) is 19.6 Å². The van der Waals surface area contributed by atoms with Crippen molar-refractivity contribution >= 4 is 11.6 Å². The Bertz CT molecular complexity index is 423. The van der Waals surface area contributed by atoms with Gasteiger partial charge in [0.25, 0.3) is 5.91 Å². The minimum absolute atomic E-state index is 0.250. The number of para-hydroxylation sites is 1. The van der Waals surface area contributed by atoms with E-state index in [9.17, 15) is 9.18 Å². The highest BCUT2D eigenvalue weighted by Crippen LogP contribution is 2.19. The molecule has 0 aliphatic rings. The number of hydrogen-bond acceptors (Lipinski definition) is 3. The third-order valence-electron chi connectivity index (χ3n) is 2.93. The van der Waals surface area contributed by atoms with E-state index in [4.69, 9.17) is 0 Å². The van der Waals surface area contributed by atoms with Crippen LogP contribution in [0, 0.1) is 5.82 Å². The molecule has 1 rings (SSSR count). The molecule has 0 aliphatic heterocycles. The lowest BCUT2D eigenvalue weighted by molar-refractivity contribution is 0.0950. The van der Waals surface area contributed by atoms with Gasteiger partial charge in [-0.05, 0) is 32.6 Å². The summed E-state index contributed by atoms with van der Waals surface area (Å²) >= 11 is 0. The quantitative estimate of drug-likeness (QED) is 0.793. The van der Waals surface area contributed by atoms with Crippen LogP contribution >= 0.6 is 0 Å². The average Bonchev–Trinajstić information content (AvgIpc) is 2.40. The molecule has 1 amide bonds. The molecule has 0 unspecified atom stereocenters. The summed E-state index contributed by atoms with van der Waals surface area (Å²) in [6.07, 6.45) is 0. The van der Waals surface area contributed by atoms with Crippen LogP contribution in [0.25, 0.3) is 0 Å². The van der Waals surface area contributed by atoms with Crippen molar-refractivity contribution in [2.75, 3.05) is 38.5 Å². The fourth-order valence-electron chi connectivity index (χ4n) is 1.68. The first-order chi connectivity index (χ1) is 9.10. The van der Waals surface area contributed by atoms with E-state index in [0.29, 0.717) is 18.7 Å². The van der Waals surface area contributed by atoms with Gasteiger partial charge in [-0.15, -0.1) is 0 Å². The second kappa shape index (κ2) is 7.74. The first-order valence-electron chi connectivity index (χ1n) is 6.59. The number of carbonyl (C=O) groups excluding carboxylic acids is 1. The van der Waals surface area contributed by atoms with Gasteiger partial charge >= 0.3 is 0 Å². The minimum atomic E-state index is -0.403. The number of benzene rings is 1. The molecule has 0 aliphatic carbocycles. The zero-order valence-corrected chi connectivity index (χ0v) is 11.8. The van der Waals surface area contributed by atoms with Crippen molar-refractivity contribution in [2.45, 2.75) is 13.8 Å². The lowest BCUT2D eigenvalue weighted by Crippen LogP contribution is -2.33. The Kier molecular flexibility index (Phi) is 6.29. The van der Waals surface area contributed by atoms with Crippen molar-refractivity contribution in [3.05, 3.63) is 29.6 Å². The minimum Gasteiger partial charge on any atom is -0.382 e. The van der Waals surface area contributed by atoms with E-state index in [0.717, 1.165) is 13.1 Å². The number of anilines is 1. The van der Waals surface area contributed by atoms with Crippen LogP contribution in [0.2, 0.25) is 0 Å². The van der Waals surface area contributed by atoms with E-state index in [-0.39, 0.29) is 11.6 Å². The molecule has 1 aromatic rings. The first kappa shape index (κ1) is 15.4. The smallest absolute Gasteiger partial charge is 0.253 e. The maximum absolute atomic E-state index is 13.7. The molecular weight excluding hydrogens is 245 g/mol.